The van der Waals surface area contributed by atoms with Crippen molar-refractivity contribution in [2.75, 3.05) is 0 Å². The zero-order valence-electron chi connectivity index (χ0n) is 8.67. The number of amides is 2. The van der Waals surface area contributed by atoms with Crippen LogP contribution in [0.4, 0.5) is 5.69 Å². The molecule has 6 heteroatoms. The molecule has 1 unspecified atom stereocenters. The van der Waals surface area contributed by atoms with Gasteiger partial charge in [-0.1, -0.05) is 12.1 Å². The Morgan fingerprint density at radius 1 is 1.29 bits per heavy atom. The second-order valence-electron chi connectivity index (χ2n) is 4.35. The molecule has 2 amide bonds. The third-order valence-corrected chi connectivity index (χ3v) is 3.51. The van der Waals surface area contributed by atoms with Gasteiger partial charge in [0.25, 0.3) is 5.69 Å². The van der Waals surface area contributed by atoms with E-state index < -0.39 is 10.3 Å². The van der Waals surface area contributed by atoms with Crippen LogP contribution in [0.2, 0.25) is 0 Å². The Morgan fingerprint density at radius 3 is 2.35 bits per heavy atom. The lowest BCUT2D eigenvalue weighted by molar-refractivity contribution is -0.384. The van der Waals surface area contributed by atoms with Gasteiger partial charge in [0.15, 0.2) is 0 Å². The molecule has 2 atom stereocenters. The molecule has 1 aromatic rings. The molecule has 1 N–H and O–H groups in total. The number of nitrogens with one attached hydrogen (secondary N) is 1. The van der Waals surface area contributed by atoms with Gasteiger partial charge in [-0.2, -0.15) is 0 Å². The minimum atomic E-state index is -0.758. The predicted molar refractivity (Wildman–Crippen MR) is 56.0 cm³/mol. The highest BCUT2D eigenvalue weighted by Crippen LogP contribution is 2.57. The van der Waals surface area contributed by atoms with Crippen molar-refractivity contribution in [1.29, 1.82) is 0 Å². The molecule has 3 rings (SSSR count). The molecule has 1 aliphatic heterocycles. The summed E-state index contributed by atoms with van der Waals surface area (Å²) in [5.74, 6) is -0.828. The van der Waals surface area contributed by atoms with Crippen LogP contribution in [-0.4, -0.2) is 16.7 Å². The number of hydrogen-bond donors (Lipinski definition) is 1. The summed E-state index contributed by atoms with van der Waals surface area (Å²) in [5, 5.41) is 12.8. The average Bonchev–Trinajstić information content (AvgIpc) is 3.00. The standard InChI is InChI=1S/C11H8N2O4/c14-9-8-5-11(8,10(15)12-9)6-1-3-7(4-2-6)13(16)17/h1-4,8H,5H2,(H,12,14,15)/t8-,11?/m1/s1. The second-order valence-corrected chi connectivity index (χ2v) is 4.35. The average molecular weight is 232 g/mol. The first-order chi connectivity index (χ1) is 8.05. The van der Waals surface area contributed by atoms with Gasteiger partial charge in [-0.05, 0) is 12.0 Å². The van der Waals surface area contributed by atoms with Crippen molar-refractivity contribution < 1.29 is 14.5 Å². The van der Waals surface area contributed by atoms with Crippen LogP contribution < -0.4 is 5.32 Å². The second kappa shape index (κ2) is 2.91. The summed E-state index contributed by atoms with van der Waals surface area (Å²) in [6.07, 6.45) is 0.509. The van der Waals surface area contributed by atoms with E-state index in [-0.39, 0.29) is 23.4 Å². The fourth-order valence-corrected chi connectivity index (χ4v) is 2.47. The summed E-state index contributed by atoms with van der Waals surface area (Å²) in [4.78, 5) is 33.1. The van der Waals surface area contributed by atoms with Crippen LogP contribution in [0.5, 0.6) is 0 Å². The van der Waals surface area contributed by atoms with Crippen LogP contribution in [0.3, 0.4) is 0 Å². The van der Waals surface area contributed by atoms with Crippen LogP contribution in [0, 0.1) is 16.0 Å². The van der Waals surface area contributed by atoms with Crippen LogP contribution >= 0.6 is 0 Å². The topological polar surface area (TPSA) is 89.3 Å². The Morgan fingerprint density at radius 2 is 1.94 bits per heavy atom. The van der Waals surface area contributed by atoms with Crippen molar-refractivity contribution in [3.8, 4) is 0 Å². The summed E-state index contributed by atoms with van der Waals surface area (Å²) < 4.78 is 0. The SMILES string of the molecule is O=C1NC(=O)C2(c3ccc([N+](=O)[O-])cc3)C[C@H]12. The maximum atomic E-state index is 11.7. The third kappa shape index (κ3) is 1.15. The summed E-state index contributed by atoms with van der Waals surface area (Å²) >= 11 is 0. The first kappa shape index (κ1) is 9.95. The lowest BCUT2D eigenvalue weighted by Gasteiger charge is -2.09. The van der Waals surface area contributed by atoms with Crippen molar-refractivity contribution in [1.82, 2.24) is 5.32 Å². The molecule has 2 fully saturated rings. The van der Waals surface area contributed by atoms with Crippen molar-refractivity contribution >= 4 is 17.5 Å². The highest BCUT2D eigenvalue weighted by Gasteiger charge is 2.69. The molecule has 6 nitrogen and oxygen atoms in total. The van der Waals surface area contributed by atoms with Gasteiger partial charge in [-0.15, -0.1) is 0 Å². The molecule has 0 bridgehead atoms. The summed E-state index contributed by atoms with van der Waals surface area (Å²) in [5.41, 5.74) is -0.102. The van der Waals surface area contributed by atoms with E-state index in [1.165, 1.54) is 12.1 Å². The smallest absolute Gasteiger partial charge is 0.269 e. The predicted octanol–water partition coefficient (Wildman–Crippen LogP) is 0.509. The van der Waals surface area contributed by atoms with Gasteiger partial charge in [0.05, 0.1) is 16.3 Å². The first-order valence-electron chi connectivity index (χ1n) is 5.16. The van der Waals surface area contributed by atoms with E-state index in [9.17, 15) is 19.7 Å². The Balaban J connectivity index is 1.99. The number of non-ortho nitro benzene ring substituents is 1. The van der Waals surface area contributed by atoms with Gasteiger partial charge in [0.2, 0.25) is 11.8 Å². The molecule has 1 aromatic carbocycles. The molecule has 0 spiro atoms. The number of carbonyl (C=O) groups is 2. The number of nitro benzene ring substituents is 1. The maximum Gasteiger partial charge on any atom is 0.269 e. The minimum absolute atomic E-state index is 0.0212. The number of imide groups is 1. The Hall–Kier alpha value is -2.24. The molecule has 86 valence electrons. The van der Waals surface area contributed by atoms with Crippen molar-refractivity contribution in [2.45, 2.75) is 11.8 Å². The zero-order chi connectivity index (χ0) is 12.2. The zero-order valence-corrected chi connectivity index (χ0v) is 8.67. The largest absolute Gasteiger partial charge is 0.295 e. The number of nitrogens with zero attached hydrogens (tertiary/aromatic N) is 1. The molecule has 1 aliphatic carbocycles. The molecular weight excluding hydrogens is 224 g/mol. The highest BCUT2D eigenvalue weighted by molar-refractivity contribution is 6.15. The molecule has 0 radical (unpaired) electrons. The van der Waals surface area contributed by atoms with Gasteiger partial charge < -0.3 is 0 Å². The van der Waals surface area contributed by atoms with Gasteiger partial charge in [-0.3, -0.25) is 25.0 Å². The number of fused-ring (bicyclic) bond motifs is 1. The van der Waals surface area contributed by atoms with Crippen LogP contribution in [-0.2, 0) is 15.0 Å². The maximum absolute atomic E-state index is 11.7. The normalized spacial score (nSPS) is 29.8. The van der Waals surface area contributed by atoms with Crippen LogP contribution in [0.1, 0.15) is 12.0 Å². The summed E-state index contributed by atoms with van der Waals surface area (Å²) in [6, 6.07) is 5.82. The van der Waals surface area contributed by atoms with Crippen molar-refractivity contribution in [3.05, 3.63) is 39.9 Å². The van der Waals surface area contributed by atoms with Gasteiger partial charge >= 0.3 is 0 Å². The number of carbonyl (C=O) groups excluding carboxylic acids is 2. The number of piperidine rings is 1. The molecule has 1 saturated carbocycles. The molecule has 0 aromatic heterocycles. The number of nitro groups is 1. The molecular formula is C11H8N2O4. The van der Waals surface area contributed by atoms with E-state index in [2.05, 4.69) is 5.32 Å². The Labute approximate surface area is 95.8 Å². The quantitative estimate of drug-likeness (QED) is 0.457. The number of benzene rings is 1. The summed E-state index contributed by atoms with van der Waals surface area (Å²) in [6.45, 7) is 0. The molecule has 17 heavy (non-hydrogen) atoms. The minimum Gasteiger partial charge on any atom is -0.295 e. The highest BCUT2D eigenvalue weighted by atomic mass is 16.6. The Kier molecular flexibility index (Phi) is 1.70. The Bertz CT molecular complexity index is 551. The van der Waals surface area contributed by atoms with E-state index in [0.717, 1.165) is 0 Å². The molecule has 1 heterocycles. The first-order valence-corrected chi connectivity index (χ1v) is 5.16. The summed E-state index contributed by atoms with van der Waals surface area (Å²) in [7, 11) is 0. The van der Waals surface area contributed by atoms with E-state index in [1.54, 1.807) is 12.1 Å². The molecule has 1 saturated heterocycles. The van der Waals surface area contributed by atoms with Crippen LogP contribution in [0.25, 0.3) is 0 Å². The number of hydrogen-bond acceptors (Lipinski definition) is 4. The van der Waals surface area contributed by atoms with E-state index in [0.29, 0.717) is 12.0 Å². The number of rotatable bonds is 2. The van der Waals surface area contributed by atoms with Crippen LogP contribution in [0.15, 0.2) is 24.3 Å². The van der Waals surface area contributed by atoms with Gasteiger partial charge in [0, 0.05) is 12.1 Å². The van der Waals surface area contributed by atoms with E-state index in [4.69, 9.17) is 0 Å². The van der Waals surface area contributed by atoms with Gasteiger partial charge in [0.1, 0.15) is 0 Å². The third-order valence-electron chi connectivity index (χ3n) is 3.51. The van der Waals surface area contributed by atoms with Gasteiger partial charge in [-0.25, -0.2) is 0 Å². The van der Waals surface area contributed by atoms with E-state index in [1.807, 2.05) is 0 Å². The van der Waals surface area contributed by atoms with E-state index >= 15 is 0 Å². The monoisotopic (exact) mass is 232 g/mol. The van der Waals surface area contributed by atoms with Crippen molar-refractivity contribution in [2.24, 2.45) is 5.92 Å². The lowest BCUT2D eigenvalue weighted by atomic mass is 9.94. The fraction of sp³-hybridized carbons (Fsp3) is 0.273. The molecule has 2 aliphatic rings. The lowest BCUT2D eigenvalue weighted by Crippen LogP contribution is -2.30. The fourth-order valence-electron chi connectivity index (χ4n) is 2.47. The van der Waals surface area contributed by atoms with Crippen molar-refractivity contribution in [3.63, 3.8) is 0 Å².